The van der Waals surface area contributed by atoms with E-state index in [4.69, 9.17) is 9.47 Å². The van der Waals surface area contributed by atoms with Crippen molar-refractivity contribution in [1.29, 1.82) is 0 Å². The van der Waals surface area contributed by atoms with Crippen LogP contribution in [-0.4, -0.2) is 41.9 Å². The van der Waals surface area contributed by atoms with E-state index >= 15 is 0 Å². The van der Waals surface area contributed by atoms with Crippen LogP contribution >= 0.6 is 0 Å². The third kappa shape index (κ3) is 3.07. The summed E-state index contributed by atoms with van der Waals surface area (Å²) in [6.07, 6.45) is 2.82. The maximum atomic E-state index is 12.1. The van der Waals surface area contributed by atoms with Gasteiger partial charge in [-0.2, -0.15) is 0 Å². The number of esters is 1. The van der Waals surface area contributed by atoms with E-state index in [1.165, 1.54) is 0 Å². The van der Waals surface area contributed by atoms with Crippen LogP contribution < -0.4 is 0 Å². The second kappa shape index (κ2) is 4.42. The molecule has 2 saturated heterocycles. The molecule has 2 rings (SSSR count). The van der Waals surface area contributed by atoms with Gasteiger partial charge in [0, 0.05) is 6.54 Å². The maximum absolute atomic E-state index is 12.1. The van der Waals surface area contributed by atoms with E-state index < -0.39 is 5.60 Å². The summed E-state index contributed by atoms with van der Waals surface area (Å²) in [6, 6.07) is -0.176. The molecular weight excluding hydrogens is 218 g/mol. The van der Waals surface area contributed by atoms with E-state index in [2.05, 4.69) is 11.5 Å². The van der Waals surface area contributed by atoms with E-state index in [-0.39, 0.29) is 18.2 Å². The first-order valence-corrected chi connectivity index (χ1v) is 6.13. The summed E-state index contributed by atoms with van der Waals surface area (Å²) in [5.74, 6) is 0.217. The molecule has 0 radical (unpaired) electrons. The van der Waals surface area contributed by atoms with Crippen molar-refractivity contribution in [2.45, 2.75) is 45.1 Å². The highest BCUT2D eigenvalue weighted by molar-refractivity contribution is 5.76. The van der Waals surface area contributed by atoms with Crippen molar-refractivity contribution in [3.05, 3.63) is 12.7 Å². The zero-order chi connectivity index (χ0) is 12.6. The molecule has 4 heteroatoms. The van der Waals surface area contributed by atoms with Crippen LogP contribution in [0.4, 0.5) is 0 Å². The van der Waals surface area contributed by atoms with Gasteiger partial charge in [0.2, 0.25) is 0 Å². The monoisotopic (exact) mass is 239 g/mol. The second-order valence-electron chi connectivity index (χ2n) is 5.77. The Morgan fingerprint density at radius 1 is 1.53 bits per heavy atom. The van der Waals surface area contributed by atoms with E-state index in [0.29, 0.717) is 5.92 Å². The number of carbonyl (C=O) groups is 1. The van der Waals surface area contributed by atoms with Crippen LogP contribution in [0.5, 0.6) is 0 Å². The fourth-order valence-corrected chi connectivity index (χ4v) is 2.22. The van der Waals surface area contributed by atoms with Crippen molar-refractivity contribution < 1.29 is 14.3 Å². The molecule has 2 fully saturated rings. The molecule has 0 aromatic rings. The second-order valence-corrected chi connectivity index (χ2v) is 5.77. The fourth-order valence-electron chi connectivity index (χ4n) is 2.22. The van der Waals surface area contributed by atoms with Gasteiger partial charge in [0.15, 0.2) is 0 Å². The number of nitrogens with zero attached hydrogens (tertiary/aromatic N) is 1. The van der Waals surface area contributed by atoms with Crippen molar-refractivity contribution in [2.24, 2.45) is 5.92 Å². The van der Waals surface area contributed by atoms with Crippen molar-refractivity contribution in [1.82, 2.24) is 4.90 Å². The highest BCUT2D eigenvalue weighted by atomic mass is 16.6. The molecule has 0 saturated carbocycles. The Hall–Kier alpha value is -0.870. The summed E-state index contributed by atoms with van der Waals surface area (Å²) in [7, 11) is 0. The van der Waals surface area contributed by atoms with Crippen LogP contribution in [0, 0.1) is 5.92 Å². The first kappa shape index (κ1) is 12.6. The molecule has 2 heterocycles. The molecule has 1 unspecified atom stereocenters. The molecule has 0 spiro atoms. The Balaban J connectivity index is 2.02. The van der Waals surface area contributed by atoms with Crippen molar-refractivity contribution in [3.8, 4) is 0 Å². The molecule has 2 aliphatic heterocycles. The normalized spacial score (nSPS) is 33.5. The predicted molar refractivity (Wildman–Crippen MR) is 64.4 cm³/mol. The van der Waals surface area contributed by atoms with E-state index in [1.54, 1.807) is 0 Å². The lowest BCUT2D eigenvalue weighted by atomic mass is 10.1. The summed E-state index contributed by atoms with van der Waals surface area (Å²) in [4.78, 5) is 14.2. The minimum Gasteiger partial charge on any atom is -0.459 e. The SMILES string of the molecule is C=C[C@@H]1C[C@H](C(=O)OC(C)(C)C)N(C2CO2)C1. The first-order chi connectivity index (χ1) is 7.90. The van der Waals surface area contributed by atoms with Crippen LogP contribution in [0.1, 0.15) is 27.2 Å². The fraction of sp³-hybridized carbons (Fsp3) is 0.769. The average Bonchev–Trinajstić information content (AvgIpc) is 2.95. The van der Waals surface area contributed by atoms with Crippen molar-refractivity contribution in [2.75, 3.05) is 13.2 Å². The molecule has 4 nitrogen and oxygen atoms in total. The van der Waals surface area contributed by atoms with Crippen LogP contribution in [0.15, 0.2) is 12.7 Å². The zero-order valence-electron chi connectivity index (χ0n) is 10.8. The van der Waals surface area contributed by atoms with Gasteiger partial charge in [-0.15, -0.1) is 6.58 Å². The topological polar surface area (TPSA) is 42.1 Å². The minimum atomic E-state index is -0.431. The van der Waals surface area contributed by atoms with Gasteiger partial charge in [0.1, 0.15) is 17.9 Å². The van der Waals surface area contributed by atoms with Crippen LogP contribution in [0.25, 0.3) is 0 Å². The minimum absolute atomic E-state index is 0.109. The Morgan fingerprint density at radius 2 is 2.18 bits per heavy atom. The quantitative estimate of drug-likeness (QED) is 0.426. The van der Waals surface area contributed by atoms with Gasteiger partial charge < -0.3 is 9.47 Å². The largest absolute Gasteiger partial charge is 0.459 e. The van der Waals surface area contributed by atoms with E-state index in [1.807, 2.05) is 26.8 Å². The summed E-state index contributed by atoms with van der Waals surface area (Å²) < 4.78 is 10.7. The van der Waals surface area contributed by atoms with E-state index in [0.717, 1.165) is 19.6 Å². The Labute approximate surface area is 103 Å². The molecular formula is C13H21NO3. The predicted octanol–water partition coefficient (Wildman–Crippen LogP) is 1.56. The molecule has 17 heavy (non-hydrogen) atoms. The van der Waals surface area contributed by atoms with Crippen molar-refractivity contribution in [3.63, 3.8) is 0 Å². The van der Waals surface area contributed by atoms with Gasteiger partial charge in [-0.1, -0.05) is 6.08 Å². The third-order valence-electron chi connectivity index (χ3n) is 3.07. The van der Waals surface area contributed by atoms with Crippen LogP contribution in [0.2, 0.25) is 0 Å². The number of likely N-dealkylation sites (tertiary alicyclic amines) is 1. The number of carbonyl (C=O) groups excluding carboxylic acids is 1. The molecule has 2 aliphatic rings. The number of ether oxygens (including phenoxy) is 2. The number of epoxide rings is 1. The number of hydrogen-bond donors (Lipinski definition) is 0. The average molecular weight is 239 g/mol. The van der Waals surface area contributed by atoms with Gasteiger partial charge in [-0.25, -0.2) is 0 Å². The molecule has 0 aromatic heterocycles. The van der Waals surface area contributed by atoms with Gasteiger partial charge in [0.25, 0.3) is 0 Å². The highest BCUT2D eigenvalue weighted by Gasteiger charge is 2.45. The summed E-state index contributed by atoms with van der Waals surface area (Å²) >= 11 is 0. The Morgan fingerprint density at radius 3 is 2.65 bits per heavy atom. The third-order valence-corrected chi connectivity index (χ3v) is 3.07. The van der Waals surface area contributed by atoms with Gasteiger partial charge in [0.05, 0.1) is 6.61 Å². The van der Waals surface area contributed by atoms with Crippen LogP contribution in [0.3, 0.4) is 0 Å². The Kier molecular flexibility index (Phi) is 3.27. The van der Waals surface area contributed by atoms with Gasteiger partial charge in [-0.3, -0.25) is 9.69 Å². The lowest BCUT2D eigenvalue weighted by Crippen LogP contribution is -2.41. The summed E-state index contributed by atoms with van der Waals surface area (Å²) in [5, 5.41) is 0. The lowest BCUT2D eigenvalue weighted by Gasteiger charge is -2.26. The smallest absolute Gasteiger partial charge is 0.323 e. The lowest BCUT2D eigenvalue weighted by molar-refractivity contribution is -0.161. The standard InChI is InChI=1S/C13H21NO3/c1-5-9-6-10(12(15)17-13(2,3)4)14(7-9)11-8-16-11/h5,9-11H,1,6-8H2,2-4H3/t9-,10-,11?/m1/s1. The van der Waals surface area contributed by atoms with Crippen molar-refractivity contribution >= 4 is 5.97 Å². The molecule has 0 amide bonds. The first-order valence-electron chi connectivity index (χ1n) is 6.13. The highest BCUT2D eigenvalue weighted by Crippen LogP contribution is 2.32. The summed E-state index contributed by atoms with van der Waals surface area (Å²) in [5.41, 5.74) is -0.431. The summed E-state index contributed by atoms with van der Waals surface area (Å²) in [6.45, 7) is 11.1. The molecule has 3 atom stereocenters. The number of hydrogen-bond acceptors (Lipinski definition) is 4. The zero-order valence-corrected chi connectivity index (χ0v) is 10.8. The molecule has 0 bridgehead atoms. The van der Waals surface area contributed by atoms with Gasteiger partial charge >= 0.3 is 5.97 Å². The number of rotatable bonds is 3. The molecule has 96 valence electrons. The van der Waals surface area contributed by atoms with E-state index in [9.17, 15) is 4.79 Å². The Bertz CT molecular complexity index is 317. The van der Waals surface area contributed by atoms with Gasteiger partial charge in [-0.05, 0) is 33.1 Å². The molecule has 0 aromatic carbocycles. The van der Waals surface area contributed by atoms with Crippen LogP contribution in [-0.2, 0) is 14.3 Å². The molecule has 0 aliphatic carbocycles. The maximum Gasteiger partial charge on any atom is 0.323 e. The molecule has 0 N–H and O–H groups in total.